The first-order chi connectivity index (χ1) is 13.8. The van der Waals surface area contributed by atoms with Gasteiger partial charge >= 0.3 is 0 Å². The summed E-state index contributed by atoms with van der Waals surface area (Å²) in [5, 5.41) is 22.3. The third kappa shape index (κ3) is 4.02. The van der Waals surface area contributed by atoms with Crippen LogP contribution in [0.1, 0.15) is 5.69 Å². The van der Waals surface area contributed by atoms with E-state index in [-0.39, 0.29) is 0 Å². The van der Waals surface area contributed by atoms with Crippen LogP contribution in [-0.4, -0.2) is 41.4 Å². The van der Waals surface area contributed by atoms with E-state index in [0.717, 1.165) is 65.1 Å². The second kappa shape index (κ2) is 8.63. The van der Waals surface area contributed by atoms with Crippen molar-refractivity contribution in [2.75, 3.05) is 36.8 Å². The second-order valence-electron chi connectivity index (χ2n) is 6.66. The molecule has 0 saturated heterocycles. The zero-order valence-electron chi connectivity index (χ0n) is 15.9. The van der Waals surface area contributed by atoms with Crippen molar-refractivity contribution < 1.29 is 0 Å². The lowest BCUT2D eigenvalue weighted by atomic mass is 10.1. The standard InChI is InChI=1S/C22H24N6/c1-16-17-6-2-3-7-18(17)22(28-27-16)26-15-13-23-12-14-25-21-10-11-24-20-9-5-4-8-19(20)21/h2-11,23H,12-15H2,1H3,(H,24,25)(H,26,28). The molecule has 4 rings (SSSR count). The Morgan fingerprint density at radius 3 is 2.29 bits per heavy atom. The molecule has 6 heteroatoms. The van der Waals surface area contributed by atoms with E-state index in [2.05, 4.69) is 49.3 Å². The lowest BCUT2D eigenvalue weighted by molar-refractivity contribution is 0.718. The van der Waals surface area contributed by atoms with Gasteiger partial charge in [0.15, 0.2) is 5.82 Å². The summed E-state index contributed by atoms with van der Waals surface area (Å²) in [4.78, 5) is 4.39. The van der Waals surface area contributed by atoms with Gasteiger partial charge in [-0.2, -0.15) is 5.10 Å². The van der Waals surface area contributed by atoms with Crippen LogP contribution in [0, 0.1) is 6.92 Å². The van der Waals surface area contributed by atoms with Crippen molar-refractivity contribution in [3.05, 3.63) is 66.5 Å². The molecular weight excluding hydrogens is 348 g/mol. The van der Waals surface area contributed by atoms with Crippen LogP contribution in [0.4, 0.5) is 11.5 Å². The van der Waals surface area contributed by atoms with Crippen molar-refractivity contribution in [3.8, 4) is 0 Å². The minimum atomic E-state index is 0.792. The number of hydrogen-bond donors (Lipinski definition) is 3. The molecule has 28 heavy (non-hydrogen) atoms. The lowest BCUT2D eigenvalue weighted by Gasteiger charge is -2.11. The summed E-state index contributed by atoms with van der Waals surface area (Å²) >= 11 is 0. The molecule has 2 heterocycles. The highest BCUT2D eigenvalue weighted by Gasteiger charge is 2.05. The first kappa shape index (κ1) is 18.1. The van der Waals surface area contributed by atoms with Gasteiger partial charge in [-0.15, -0.1) is 5.10 Å². The molecule has 6 nitrogen and oxygen atoms in total. The van der Waals surface area contributed by atoms with Gasteiger partial charge < -0.3 is 16.0 Å². The van der Waals surface area contributed by atoms with Crippen LogP contribution in [0.3, 0.4) is 0 Å². The normalized spacial score (nSPS) is 11.0. The van der Waals surface area contributed by atoms with Gasteiger partial charge in [-0.05, 0) is 19.1 Å². The van der Waals surface area contributed by atoms with Crippen LogP contribution in [-0.2, 0) is 0 Å². The van der Waals surface area contributed by atoms with E-state index in [1.165, 1.54) is 0 Å². The quantitative estimate of drug-likeness (QED) is 0.410. The topological polar surface area (TPSA) is 74.8 Å². The Balaban J connectivity index is 1.23. The van der Waals surface area contributed by atoms with Crippen LogP contribution in [0.5, 0.6) is 0 Å². The van der Waals surface area contributed by atoms with Gasteiger partial charge in [-0.1, -0.05) is 42.5 Å². The minimum Gasteiger partial charge on any atom is -0.383 e. The zero-order chi connectivity index (χ0) is 19.2. The molecule has 3 N–H and O–H groups in total. The number of nitrogens with one attached hydrogen (secondary N) is 3. The number of anilines is 2. The van der Waals surface area contributed by atoms with E-state index in [4.69, 9.17) is 0 Å². The van der Waals surface area contributed by atoms with Crippen molar-refractivity contribution in [1.29, 1.82) is 0 Å². The number of rotatable bonds is 8. The van der Waals surface area contributed by atoms with E-state index in [0.29, 0.717) is 0 Å². The maximum Gasteiger partial charge on any atom is 0.156 e. The SMILES string of the molecule is Cc1nnc(NCCNCCNc2ccnc3ccccc23)c2ccccc12. The van der Waals surface area contributed by atoms with E-state index in [1.54, 1.807) is 0 Å². The molecule has 0 aliphatic carbocycles. The van der Waals surface area contributed by atoms with Crippen LogP contribution in [0.25, 0.3) is 21.7 Å². The second-order valence-corrected chi connectivity index (χ2v) is 6.66. The van der Waals surface area contributed by atoms with E-state index in [9.17, 15) is 0 Å². The molecule has 0 atom stereocenters. The molecule has 142 valence electrons. The fourth-order valence-electron chi connectivity index (χ4n) is 3.30. The largest absolute Gasteiger partial charge is 0.383 e. The van der Waals surface area contributed by atoms with Crippen LogP contribution >= 0.6 is 0 Å². The first-order valence-corrected chi connectivity index (χ1v) is 9.57. The minimum absolute atomic E-state index is 0.792. The third-order valence-corrected chi connectivity index (χ3v) is 4.73. The van der Waals surface area contributed by atoms with Crippen molar-refractivity contribution in [3.63, 3.8) is 0 Å². The summed E-state index contributed by atoms with van der Waals surface area (Å²) in [7, 11) is 0. The molecule has 0 bridgehead atoms. The predicted molar refractivity (Wildman–Crippen MR) is 116 cm³/mol. The summed E-state index contributed by atoms with van der Waals surface area (Å²) < 4.78 is 0. The maximum absolute atomic E-state index is 4.39. The molecule has 0 fully saturated rings. The molecule has 0 amide bonds. The summed E-state index contributed by atoms with van der Waals surface area (Å²) in [6, 6.07) is 18.4. The highest BCUT2D eigenvalue weighted by atomic mass is 15.2. The van der Waals surface area contributed by atoms with E-state index >= 15 is 0 Å². The predicted octanol–water partition coefficient (Wildman–Crippen LogP) is 3.60. The zero-order valence-corrected chi connectivity index (χ0v) is 15.9. The molecule has 0 spiro atoms. The van der Waals surface area contributed by atoms with Crippen LogP contribution in [0.2, 0.25) is 0 Å². The fraction of sp³-hybridized carbons (Fsp3) is 0.227. The van der Waals surface area contributed by atoms with E-state index < -0.39 is 0 Å². The Labute approximate surface area is 164 Å². The lowest BCUT2D eigenvalue weighted by Crippen LogP contribution is -2.27. The van der Waals surface area contributed by atoms with Gasteiger partial charge in [0.2, 0.25) is 0 Å². The van der Waals surface area contributed by atoms with Gasteiger partial charge in [-0.3, -0.25) is 4.98 Å². The molecule has 4 aromatic rings. The molecule has 0 aliphatic heterocycles. The number of aromatic nitrogens is 3. The molecule has 0 unspecified atom stereocenters. The molecule has 0 radical (unpaired) electrons. The Hall–Kier alpha value is -3.25. The van der Waals surface area contributed by atoms with Crippen LogP contribution in [0.15, 0.2) is 60.8 Å². The number of hydrogen-bond acceptors (Lipinski definition) is 6. The summed E-state index contributed by atoms with van der Waals surface area (Å²) in [6.45, 7) is 5.35. The van der Waals surface area contributed by atoms with Crippen LogP contribution < -0.4 is 16.0 Å². The average molecular weight is 372 g/mol. The fourth-order valence-corrected chi connectivity index (χ4v) is 3.30. The third-order valence-electron chi connectivity index (χ3n) is 4.73. The van der Waals surface area contributed by atoms with E-state index in [1.807, 2.05) is 49.5 Å². The molecular formula is C22H24N6. The highest BCUT2D eigenvalue weighted by molar-refractivity contribution is 5.93. The molecule has 0 aliphatic rings. The molecule has 2 aromatic carbocycles. The average Bonchev–Trinajstić information content (AvgIpc) is 2.75. The van der Waals surface area contributed by atoms with Crippen molar-refractivity contribution >= 4 is 33.2 Å². The Kier molecular flexibility index (Phi) is 5.58. The Morgan fingerprint density at radius 2 is 1.43 bits per heavy atom. The number of nitrogens with zero attached hydrogens (tertiary/aromatic N) is 3. The van der Waals surface area contributed by atoms with Gasteiger partial charge in [0, 0.05) is 54.2 Å². The van der Waals surface area contributed by atoms with Gasteiger partial charge in [-0.25, -0.2) is 0 Å². The smallest absolute Gasteiger partial charge is 0.156 e. The van der Waals surface area contributed by atoms with Gasteiger partial charge in [0.05, 0.1) is 11.2 Å². The number of aryl methyl sites for hydroxylation is 1. The van der Waals surface area contributed by atoms with Crippen molar-refractivity contribution in [2.45, 2.75) is 6.92 Å². The highest BCUT2D eigenvalue weighted by Crippen LogP contribution is 2.22. The Morgan fingerprint density at radius 1 is 0.714 bits per heavy atom. The Bertz CT molecular complexity index is 1070. The van der Waals surface area contributed by atoms with Gasteiger partial charge in [0.25, 0.3) is 0 Å². The number of fused-ring (bicyclic) bond motifs is 2. The monoisotopic (exact) mass is 372 g/mol. The van der Waals surface area contributed by atoms with Crippen molar-refractivity contribution in [2.24, 2.45) is 0 Å². The number of benzene rings is 2. The summed E-state index contributed by atoms with van der Waals surface area (Å²) in [6.07, 6.45) is 1.84. The summed E-state index contributed by atoms with van der Waals surface area (Å²) in [5.41, 5.74) is 3.08. The molecule has 0 saturated carbocycles. The maximum atomic E-state index is 4.39. The number of pyridine rings is 1. The first-order valence-electron chi connectivity index (χ1n) is 9.57. The summed E-state index contributed by atoms with van der Waals surface area (Å²) in [5.74, 6) is 0.837. The van der Waals surface area contributed by atoms with Gasteiger partial charge in [0.1, 0.15) is 0 Å². The number of para-hydroxylation sites is 1. The van der Waals surface area contributed by atoms with Crippen molar-refractivity contribution in [1.82, 2.24) is 20.5 Å². The molecule has 2 aromatic heterocycles.